The minimum Gasteiger partial charge on any atom is -0.494 e. The van der Waals surface area contributed by atoms with Crippen LogP contribution in [0.15, 0.2) is 48.6 Å². The highest BCUT2D eigenvalue weighted by molar-refractivity contribution is 6.31. The first kappa shape index (κ1) is 16.9. The largest absolute Gasteiger partial charge is 0.494 e. The highest BCUT2D eigenvalue weighted by Gasteiger charge is 2.41. The number of anilines is 1. The third-order valence-corrected chi connectivity index (χ3v) is 5.51. The Hall–Kier alpha value is -2.53. The quantitative estimate of drug-likeness (QED) is 0.440. The first-order valence-electron chi connectivity index (χ1n) is 8.73. The summed E-state index contributed by atoms with van der Waals surface area (Å²) in [6, 6.07) is 11.0. The van der Waals surface area contributed by atoms with E-state index in [4.69, 9.17) is 16.3 Å². The van der Waals surface area contributed by atoms with Crippen molar-refractivity contribution in [2.75, 3.05) is 11.9 Å². The molecule has 0 fully saturated rings. The zero-order valence-electron chi connectivity index (χ0n) is 14.3. The normalized spacial score (nSPS) is 23.1. The molecule has 26 heavy (non-hydrogen) atoms. The molecule has 0 spiro atoms. The monoisotopic (exact) mass is 370 g/mol. The molecule has 0 saturated carbocycles. The van der Waals surface area contributed by atoms with Crippen molar-refractivity contribution in [1.82, 2.24) is 0 Å². The summed E-state index contributed by atoms with van der Waals surface area (Å²) in [5, 5.41) is 15.8. The van der Waals surface area contributed by atoms with Gasteiger partial charge in [0.15, 0.2) is 0 Å². The zero-order valence-corrected chi connectivity index (χ0v) is 15.1. The molecular formula is C20H19ClN2O3. The fourth-order valence-corrected chi connectivity index (χ4v) is 4.34. The van der Waals surface area contributed by atoms with Gasteiger partial charge in [0.25, 0.3) is 5.69 Å². The molecule has 6 heteroatoms. The van der Waals surface area contributed by atoms with Gasteiger partial charge in [-0.25, -0.2) is 0 Å². The summed E-state index contributed by atoms with van der Waals surface area (Å²) in [6.07, 6.45) is 5.20. The highest BCUT2D eigenvalue weighted by atomic mass is 35.5. The molecule has 1 N–H and O–H groups in total. The van der Waals surface area contributed by atoms with E-state index in [9.17, 15) is 10.1 Å². The smallest absolute Gasteiger partial charge is 0.296 e. The summed E-state index contributed by atoms with van der Waals surface area (Å²) in [5.41, 5.74) is 2.50. The Morgan fingerprint density at radius 1 is 1.31 bits per heavy atom. The summed E-state index contributed by atoms with van der Waals surface area (Å²) >= 11 is 6.43. The number of benzene rings is 2. The molecule has 3 atom stereocenters. The molecule has 0 bridgehead atoms. The second kappa shape index (κ2) is 6.65. The van der Waals surface area contributed by atoms with Gasteiger partial charge in [0.1, 0.15) is 11.4 Å². The van der Waals surface area contributed by atoms with Gasteiger partial charge in [-0.15, -0.1) is 0 Å². The van der Waals surface area contributed by atoms with Crippen molar-refractivity contribution in [2.24, 2.45) is 5.92 Å². The predicted molar refractivity (Wildman–Crippen MR) is 102 cm³/mol. The molecule has 2 aromatic rings. The maximum Gasteiger partial charge on any atom is 0.296 e. The second-order valence-electron chi connectivity index (χ2n) is 6.59. The van der Waals surface area contributed by atoms with Crippen LogP contribution in [0.5, 0.6) is 5.75 Å². The van der Waals surface area contributed by atoms with Gasteiger partial charge < -0.3 is 10.1 Å². The fraction of sp³-hybridized carbons (Fsp3) is 0.300. The van der Waals surface area contributed by atoms with E-state index in [-0.39, 0.29) is 28.5 Å². The molecule has 0 aromatic heterocycles. The van der Waals surface area contributed by atoms with E-state index in [0.29, 0.717) is 23.1 Å². The SMILES string of the molecule is CCOc1cc2c(c([N+](=O)[O-])c1)N[C@@H](c1ccccc1Cl)[C@H]1CC=C[C@@H]21. The van der Waals surface area contributed by atoms with Crippen LogP contribution in [-0.2, 0) is 0 Å². The van der Waals surface area contributed by atoms with Gasteiger partial charge in [-0.1, -0.05) is 42.0 Å². The van der Waals surface area contributed by atoms with Gasteiger partial charge in [0.2, 0.25) is 0 Å². The summed E-state index contributed by atoms with van der Waals surface area (Å²) in [4.78, 5) is 11.3. The first-order chi connectivity index (χ1) is 12.6. The summed E-state index contributed by atoms with van der Waals surface area (Å²) in [5.74, 6) is 0.903. The molecule has 5 nitrogen and oxygen atoms in total. The topological polar surface area (TPSA) is 64.4 Å². The lowest BCUT2D eigenvalue weighted by Crippen LogP contribution is -2.29. The number of nitrogens with one attached hydrogen (secondary N) is 1. The molecule has 1 heterocycles. The van der Waals surface area contributed by atoms with Crippen LogP contribution in [0.4, 0.5) is 11.4 Å². The molecule has 0 amide bonds. The average molecular weight is 371 g/mol. The summed E-state index contributed by atoms with van der Waals surface area (Å²) in [7, 11) is 0. The van der Waals surface area contributed by atoms with E-state index < -0.39 is 0 Å². The van der Waals surface area contributed by atoms with Crippen molar-refractivity contribution < 1.29 is 9.66 Å². The van der Waals surface area contributed by atoms with E-state index in [2.05, 4.69) is 17.5 Å². The number of nitro benzene ring substituents is 1. The number of hydrogen-bond donors (Lipinski definition) is 1. The van der Waals surface area contributed by atoms with Crippen molar-refractivity contribution in [3.05, 3.63) is 74.8 Å². The van der Waals surface area contributed by atoms with E-state index in [1.807, 2.05) is 37.3 Å². The van der Waals surface area contributed by atoms with E-state index in [1.54, 1.807) is 0 Å². The third kappa shape index (κ3) is 2.72. The van der Waals surface area contributed by atoms with Crippen molar-refractivity contribution >= 4 is 23.0 Å². The molecule has 1 aliphatic carbocycles. The van der Waals surface area contributed by atoms with E-state index in [1.165, 1.54) is 6.07 Å². The summed E-state index contributed by atoms with van der Waals surface area (Å²) < 4.78 is 5.56. The third-order valence-electron chi connectivity index (χ3n) is 5.17. The van der Waals surface area contributed by atoms with Gasteiger partial charge in [-0.3, -0.25) is 10.1 Å². The fourth-order valence-electron chi connectivity index (χ4n) is 4.08. The number of allylic oxidation sites excluding steroid dienone is 2. The van der Waals surface area contributed by atoms with Gasteiger partial charge in [0, 0.05) is 10.9 Å². The van der Waals surface area contributed by atoms with Crippen molar-refractivity contribution in [2.45, 2.75) is 25.3 Å². The number of ether oxygens (including phenoxy) is 1. The van der Waals surface area contributed by atoms with Crippen LogP contribution in [0.25, 0.3) is 0 Å². The molecule has 134 valence electrons. The highest BCUT2D eigenvalue weighted by Crippen LogP contribution is 2.53. The maximum atomic E-state index is 11.7. The molecule has 0 saturated heterocycles. The van der Waals surface area contributed by atoms with Crippen LogP contribution in [0.2, 0.25) is 5.02 Å². The van der Waals surface area contributed by atoms with Crippen molar-refractivity contribution in [1.29, 1.82) is 0 Å². The van der Waals surface area contributed by atoms with E-state index in [0.717, 1.165) is 17.5 Å². The van der Waals surface area contributed by atoms with Crippen LogP contribution in [0.3, 0.4) is 0 Å². The van der Waals surface area contributed by atoms with Gasteiger partial charge in [-0.2, -0.15) is 0 Å². The van der Waals surface area contributed by atoms with Crippen molar-refractivity contribution in [3.8, 4) is 5.75 Å². The Labute approximate surface area is 156 Å². The van der Waals surface area contributed by atoms with Crippen LogP contribution >= 0.6 is 11.6 Å². The number of halogens is 1. The molecule has 2 aromatic carbocycles. The van der Waals surface area contributed by atoms with Crippen LogP contribution in [0.1, 0.15) is 36.4 Å². The number of nitro groups is 1. The molecule has 4 rings (SSSR count). The number of hydrogen-bond acceptors (Lipinski definition) is 4. The van der Waals surface area contributed by atoms with Crippen molar-refractivity contribution in [3.63, 3.8) is 0 Å². The molecule has 1 aliphatic heterocycles. The first-order valence-corrected chi connectivity index (χ1v) is 9.10. The minimum atomic E-state index is -0.350. The molecule has 0 radical (unpaired) electrons. The van der Waals surface area contributed by atoms with E-state index >= 15 is 0 Å². The van der Waals surface area contributed by atoms with Gasteiger partial charge in [0.05, 0.1) is 23.6 Å². The van der Waals surface area contributed by atoms with Crippen LogP contribution in [-0.4, -0.2) is 11.5 Å². The van der Waals surface area contributed by atoms with Gasteiger partial charge in [-0.05, 0) is 42.5 Å². The molecule has 0 unspecified atom stereocenters. The number of rotatable bonds is 4. The van der Waals surface area contributed by atoms with Crippen LogP contribution < -0.4 is 10.1 Å². The Bertz CT molecular complexity index is 897. The number of nitrogens with zero attached hydrogens (tertiary/aromatic N) is 1. The lowest BCUT2D eigenvalue weighted by Gasteiger charge is -2.37. The minimum absolute atomic E-state index is 0.0433. The Kier molecular flexibility index (Phi) is 4.32. The second-order valence-corrected chi connectivity index (χ2v) is 7.00. The standard InChI is InChI=1S/C20H19ClN2O3/c1-2-26-12-10-16-13-7-5-8-14(13)19(15-6-3-4-9-17(15)21)22-20(16)18(11-12)23(24)25/h3-7,9-11,13-14,19,22H,2,8H2,1H3/t13-,14+,19-/m1/s1. The lowest BCUT2D eigenvalue weighted by molar-refractivity contribution is -0.384. The zero-order chi connectivity index (χ0) is 18.3. The summed E-state index contributed by atoms with van der Waals surface area (Å²) in [6.45, 7) is 2.34. The number of fused-ring (bicyclic) bond motifs is 3. The molecule has 2 aliphatic rings. The molecular weight excluding hydrogens is 352 g/mol. The van der Waals surface area contributed by atoms with Crippen LogP contribution in [0, 0.1) is 16.0 Å². The maximum absolute atomic E-state index is 11.7. The predicted octanol–water partition coefficient (Wildman–Crippen LogP) is 5.47. The van der Waals surface area contributed by atoms with Gasteiger partial charge >= 0.3 is 0 Å². The lowest BCUT2D eigenvalue weighted by atomic mass is 9.76. The Morgan fingerprint density at radius 3 is 2.85 bits per heavy atom. The Balaban J connectivity index is 1.87. The average Bonchev–Trinajstić information content (AvgIpc) is 3.11. The Morgan fingerprint density at radius 2 is 2.12 bits per heavy atom.